The minimum Gasteiger partial charge on any atom is -0.391 e. The number of aliphatic hydroxyl groups is 1. The third-order valence-electron chi connectivity index (χ3n) is 3.65. The molecular formula is C13H20N2O2. The van der Waals surface area contributed by atoms with Crippen LogP contribution in [-0.2, 0) is 7.05 Å². The Bertz CT molecular complexity index is 412. The van der Waals surface area contributed by atoms with Gasteiger partial charge in [0, 0.05) is 12.7 Å². The summed E-state index contributed by atoms with van der Waals surface area (Å²) < 4.78 is 1.87. The molecule has 2 N–H and O–H groups in total. The maximum absolute atomic E-state index is 12.0. The molecular weight excluding hydrogens is 216 g/mol. The second kappa shape index (κ2) is 4.92. The second-order valence-electron chi connectivity index (χ2n) is 4.85. The van der Waals surface area contributed by atoms with E-state index in [1.54, 1.807) is 0 Å². The van der Waals surface area contributed by atoms with Crippen molar-refractivity contribution in [2.75, 3.05) is 0 Å². The van der Waals surface area contributed by atoms with Gasteiger partial charge in [0.15, 0.2) is 0 Å². The summed E-state index contributed by atoms with van der Waals surface area (Å²) in [4.78, 5) is 12.0. The monoisotopic (exact) mass is 236 g/mol. The molecule has 1 aromatic heterocycles. The van der Waals surface area contributed by atoms with Crippen molar-refractivity contribution in [1.82, 2.24) is 9.88 Å². The molecule has 4 nitrogen and oxygen atoms in total. The molecule has 1 fully saturated rings. The average Bonchev–Trinajstić information content (AvgIpc) is 2.63. The van der Waals surface area contributed by atoms with Gasteiger partial charge >= 0.3 is 0 Å². The lowest BCUT2D eigenvalue weighted by molar-refractivity contribution is 0.0711. The van der Waals surface area contributed by atoms with Gasteiger partial charge in [-0.2, -0.15) is 0 Å². The molecule has 0 unspecified atom stereocenters. The van der Waals surface area contributed by atoms with Gasteiger partial charge in [0.05, 0.1) is 12.1 Å². The van der Waals surface area contributed by atoms with Crippen LogP contribution in [0.4, 0.5) is 0 Å². The zero-order chi connectivity index (χ0) is 12.4. The lowest BCUT2D eigenvalue weighted by atomic mass is 9.92. The van der Waals surface area contributed by atoms with Gasteiger partial charge in [0.2, 0.25) is 0 Å². The number of rotatable bonds is 2. The third-order valence-corrected chi connectivity index (χ3v) is 3.65. The first-order chi connectivity index (χ1) is 8.09. The highest BCUT2D eigenvalue weighted by atomic mass is 16.3. The van der Waals surface area contributed by atoms with Crippen LogP contribution in [0.25, 0.3) is 0 Å². The fraction of sp³-hybridized carbons (Fsp3) is 0.615. The normalized spacial score (nSPS) is 24.6. The van der Waals surface area contributed by atoms with Crippen molar-refractivity contribution in [3.05, 3.63) is 23.5 Å². The summed E-state index contributed by atoms with van der Waals surface area (Å²) in [5.74, 6) is -0.0912. The molecule has 2 atom stereocenters. The predicted molar refractivity (Wildman–Crippen MR) is 65.9 cm³/mol. The molecule has 1 aliphatic carbocycles. The van der Waals surface area contributed by atoms with E-state index in [-0.39, 0.29) is 11.9 Å². The smallest absolute Gasteiger partial charge is 0.268 e. The Hall–Kier alpha value is -1.29. The van der Waals surface area contributed by atoms with Crippen LogP contribution in [0.15, 0.2) is 12.1 Å². The second-order valence-corrected chi connectivity index (χ2v) is 4.85. The van der Waals surface area contributed by atoms with Gasteiger partial charge < -0.3 is 15.0 Å². The first-order valence-electron chi connectivity index (χ1n) is 6.21. The fourth-order valence-electron chi connectivity index (χ4n) is 2.36. The van der Waals surface area contributed by atoms with Crippen molar-refractivity contribution in [3.63, 3.8) is 0 Å². The molecule has 2 rings (SSSR count). The van der Waals surface area contributed by atoms with Crippen molar-refractivity contribution in [2.45, 2.75) is 44.8 Å². The number of aryl methyl sites for hydroxylation is 1. The molecule has 1 aromatic rings. The van der Waals surface area contributed by atoms with Crippen molar-refractivity contribution in [2.24, 2.45) is 7.05 Å². The van der Waals surface area contributed by atoms with Gasteiger partial charge in [-0.3, -0.25) is 4.79 Å². The van der Waals surface area contributed by atoms with Crippen LogP contribution < -0.4 is 5.32 Å². The van der Waals surface area contributed by atoms with E-state index in [1.165, 1.54) is 0 Å². The standard InChI is InChI=1S/C13H20N2O2/c1-9-7-8-11(15(9)2)13(17)14-10-5-3-4-6-12(10)16/h7-8,10,12,16H,3-6H2,1-2H3,(H,14,17)/t10-,12-/m0/s1. The van der Waals surface area contributed by atoms with Crippen LogP contribution in [0.1, 0.15) is 41.9 Å². The van der Waals surface area contributed by atoms with Crippen LogP contribution >= 0.6 is 0 Å². The molecule has 94 valence electrons. The summed E-state index contributed by atoms with van der Waals surface area (Å²) >= 11 is 0. The summed E-state index contributed by atoms with van der Waals surface area (Å²) in [6, 6.07) is 3.65. The fourth-order valence-corrected chi connectivity index (χ4v) is 2.36. The number of nitrogens with one attached hydrogen (secondary N) is 1. The third kappa shape index (κ3) is 2.52. The summed E-state index contributed by atoms with van der Waals surface area (Å²) in [5.41, 5.74) is 1.71. The van der Waals surface area contributed by atoms with Gasteiger partial charge in [-0.1, -0.05) is 12.8 Å². The lowest BCUT2D eigenvalue weighted by Gasteiger charge is -2.28. The summed E-state index contributed by atoms with van der Waals surface area (Å²) in [7, 11) is 1.88. The highest BCUT2D eigenvalue weighted by Crippen LogP contribution is 2.19. The van der Waals surface area contributed by atoms with Crippen LogP contribution in [0.5, 0.6) is 0 Å². The van der Waals surface area contributed by atoms with Gasteiger partial charge in [0.25, 0.3) is 5.91 Å². The highest BCUT2D eigenvalue weighted by Gasteiger charge is 2.25. The molecule has 1 aliphatic rings. The zero-order valence-corrected chi connectivity index (χ0v) is 10.4. The molecule has 1 saturated carbocycles. The number of carbonyl (C=O) groups excluding carboxylic acids is 1. The number of amides is 1. The largest absolute Gasteiger partial charge is 0.391 e. The maximum Gasteiger partial charge on any atom is 0.268 e. The molecule has 0 aliphatic heterocycles. The molecule has 0 saturated heterocycles. The number of hydrogen-bond acceptors (Lipinski definition) is 2. The van der Waals surface area contributed by atoms with Crippen molar-refractivity contribution < 1.29 is 9.90 Å². The number of nitrogens with zero attached hydrogens (tertiary/aromatic N) is 1. The summed E-state index contributed by atoms with van der Waals surface area (Å²) in [5, 5.41) is 12.7. The van der Waals surface area contributed by atoms with E-state index in [1.807, 2.05) is 30.7 Å². The Balaban J connectivity index is 2.03. The Labute approximate surface area is 102 Å². The Morgan fingerprint density at radius 3 is 2.71 bits per heavy atom. The van der Waals surface area contributed by atoms with E-state index in [0.29, 0.717) is 5.69 Å². The molecule has 1 amide bonds. The lowest BCUT2D eigenvalue weighted by Crippen LogP contribution is -2.45. The quantitative estimate of drug-likeness (QED) is 0.814. The van der Waals surface area contributed by atoms with Gasteiger partial charge in [-0.25, -0.2) is 0 Å². The topological polar surface area (TPSA) is 54.3 Å². The van der Waals surface area contributed by atoms with E-state index < -0.39 is 6.10 Å². The van der Waals surface area contributed by atoms with Crippen LogP contribution in [0, 0.1) is 6.92 Å². The van der Waals surface area contributed by atoms with Crippen molar-refractivity contribution in [3.8, 4) is 0 Å². The molecule has 4 heteroatoms. The van der Waals surface area contributed by atoms with Crippen molar-refractivity contribution in [1.29, 1.82) is 0 Å². The molecule has 0 bridgehead atoms. The van der Waals surface area contributed by atoms with E-state index in [9.17, 15) is 9.90 Å². The zero-order valence-electron chi connectivity index (χ0n) is 10.4. The number of aromatic nitrogens is 1. The first kappa shape index (κ1) is 12.2. The summed E-state index contributed by atoms with van der Waals surface area (Å²) in [6.07, 6.45) is 3.40. The summed E-state index contributed by atoms with van der Waals surface area (Å²) in [6.45, 7) is 1.96. The van der Waals surface area contributed by atoms with Crippen LogP contribution in [0.3, 0.4) is 0 Å². The molecule has 0 radical (unpaired) electrons. The van der Waals surface area contributed by atoms with Crippen molar-refractivity contribution >= 4 is 5.91 Å². The number of carbonyl (C=O) groups is 1. The highest BCUT2D eigenvalue weighted by molar-refractivity contribution is 5.93. The van der Waals surface area contributed by atoms with E-state index in [0.717, 1.165) is 31.4 Å². The Morgan fingerprint density at radius 1 is 1.41 bits per heavy atom. The SMILES string of the molecule is Cc1ccc(C(=O)N[C@H]2CCCC[C@@H]2O)n1C. The predicted octanol–water partition coefficient (Wildman–Crippen LogP) is 1.37. The molecule has 1 heterocycles. The van der Waals surface area contributed by atoms with Gasteiger partial charge in [-0.15, -0.1) is 0 Å². The van der Waals surface area contributed by atoms with Gasteiger partial charge in [0.1, 0.15) is 5.69 Å². The van der Waals surface area contributed by atoms with Crippen LogP contribution in [-0.4, -0.2) is 27.7 Å². The van der Waals surface area contributed by atoms with E-state index in [4.69, 9.17) is 0 Å². The molecule has 0 spiro atoms. The molecule has 17 heavy (non-hydrogen) atoms. The minimum absolute atomic E-state index is 0.0912. The Morgan fingerprint density at radius 2 is 2.12 bits per heavy atom. The van der Waals surface area contributed by atoms with E-state index in [2.05, 4.69) is 5.32 Å². The van der Waals surface area contributed by atoms with E-state index >= 15 is 0 Å². The maximum atomic E-state index is 12.0. The van der Waals surface area contributed by atoms with Crippen LogP contribution in [0.2, 0.25) is 0 Å². The Kier molecular flexibility index (Phi) is 3.52. The average molecular weight is 236 g/mol. The minimum atomic E-state index is -0.394. The van der Waals surface area contributed by atoms with Gasteiger partial charge in [-0.05, 0) is 31.9 Å². The first-order valence-corrected chi connectivity index (χ1v) is 6.21. The molecule has 0 aromatic carbocycles. The number of aliphatic hydroxyl groups excluding tert-OH is 1. The number of hydrogen-bond donors (Lipinski definition) is 2.